The number of hydrogen-bond donors (Lipinski definition) is 1. The third-order valence-electron chi connectivity index (χ3n) is 3.21. The summed E-state index contributed by atoms with van der Waals surface area (Å²) >= 11 is 3.55. The minimum Gasteiger partial charge on any atom is -0.374 e. The van der Waals surface area contributed by atoms with Crippen LogP contribution in [0.4, 0.5) is 0 Å². The maximum atomic E-state index is 5.82. The van der Waals surface area contributed by atoms with Gasteiger partial charge in [0.1, 0.15) is 0 Å². The van der Waals surface area contributed by atoms with Gasteiger partial charge in [-0.2, -0.15) is 0 Å². The molecule has 0 aliphatic heterocycles. The average molecular weight is 339 g/mol. The molecule has 4 heteroatoms. The molecule has 1 aromatic carbocycles. The Hall–Kier alpha value is -0.840. The molecule has 1 heterocycles. The Morgan fingerprint density at radius 1 is 1.30 bits per heavy atom. The number of benzene rings is 1. The van der Waals surface area contributed by atoms with Crippen LogP contribution in [-0.2, 0) is 17.7 Å². The van der Waals surface area contributed by atoms with Gasteiger partial charge in [-0.3, -0.25) is 0 Å². The molecule has 2 N–H and O–H groups in total. The first-order chi connectivity index (χ1) is 9.40. The van der Waals surface area contributed by atoms with Crippen LogP contribution in [0.15, 0.2) is 28.9 Å². The van der Waals surface area contributed by atoms with Crippen LogP contribution in [0, 0.1) is 0 Å². The van der Waals surface area contributed by atoms with E-state index in [1.54, 1.807) is 0 Å². The number of nitrogens with two attached hydrogens (primary N) is 1. The summed E-state index contributed by atoms with van der Waals surface area (Å²) in [6.07, 6.45) is 3.11. The van der Waals surface area contributed by atoms with Crippen LogP contribution in [0.1, 0.15) is 26.3 Å². The van der Waals surface area contributed by atoms with Gasteiger partial charge in [0, 0.05) is 28.1 Å². The summed E-state index contributed by atoms with van der Waals surface area (Å²) in [6, 6.07) is 6.40. The summed E-state index contributed by atoms with van der Waals surface area (Å²) in [6.45, 7) is 8.48. The van der Waals surface area contributed by atoms with Crippen molar-refractivity contribution < 1.29 is 4.74 Å². The van der Waals surface area contributed by atoms with Gasteiger partial charge in [0.2, 0.25) is 0 Å². The van der Waals surface area contributed by atoms with Crippen molar-refractivity contribution in [3.8, 4) is 0 Å². The fraction of sp³-hybridized carbons (Fsp3) is 0.500. The average Bonchev–Trinajstić information content (AvgIpc) is 2.66. The monoisotopic (exact) mass is 338 g/mol. The molecule has 2 aromatic rings. The molecule has 3 nitrogen and oxygen atoms in total. The number of aromatic nitrogens is 1. The van der Waals surface area contributed by atoms with Gasteiger partial charge >= 0.3 is 0 Å². The molecule has 0 saturated carbocycles. The lowest BCUT2D eigenvalue weighted by Gasteiger charge is -2.19. The predicted octanol–water partition coefficient (Wildman–Crippen LogP) is 3.72. The van der Waals surface area contributed by atoms with Gasteiger partial charge in [-0.05, 0) is 51.4 Å². The topological polar surface area (TPSA) is 40.2 Å². The van der Waals surface area contributed by atoms with E-state index in [-0.39, 0.29) is 5.60 Å². The van der Waals surface area contributed by atoms with E-state index in [1.807, 2.05) is 0 Å². The SMILES string of the molecule is CC(C)(C)OCCn1cc(CCN)c2ccc(Br)cc21. The molecule has 0 fully saturated rings. The summed E-state index contributed by atoms with van der Waals surface area (Å²) in [4.78, 5) is 0. The third-order valence-corrected chi connectivity index (χ3v) is 3.70. The van der Waals surface area contributed by atoms with Crippen molar-refractivity contribution in [1.82, 2.24) is 4.57 Å². The zero-order valence-electron chi connectivity index (χ0n) is 12.4. The van der Waals surface area contributed by atoms with Gasteiger partial charge in [-0.15, -0.1) is 0 Å². The van der Waals surface area contributed by atoms with Crippen molar-refractivity contribution in [3.05, 3.63) is 34.4 Å². The van der Waals surface area contributed by atoms with E-state index in [9.17, 15) is 0 Å². The summed E-state index contributed by atoms with van der Waals surface area (Å²) < 4.78 is 9.18. The first-order valence-electron chi connectivity index (χ1n) is 7.02. The summed E-state index contributed by atoms with van der Waals surface area (Å²) in [5.41, 5.74) is 8.16. The zero-order valence-corrected chi connectivity index (χ0v) is 14.0. The van der Waals surface area contributed by atoms with Gasteiger partial charge in [0.25, 0.3) is 0 Å². The van der Waals surface area contributed by atoms with Crippen LogP contribution in [0.2, 0.25) is 0 Å². The molecule has 0 atom stereocenters. The normalized spacial score (nSPS) is 12.2. The lowest BCUT2D eigenvalue weighted by Crippen LogP contribution is -2.21. The Balaban J connectivity index is 2.25. The molecule has 0 saturated heterocycles. The van der Waals surface area contributed by atoms with E-state index >= 15 is 0 Å². The molecule has 2 rings (SSSR count). The quantitative estimate of drug-likeness (QED) is 0.902. The Morgan fingerprint density at radius 3 is 2.70 bits per heavy atom. The molecule has 0 unspecified atom stereocenters. The summed E-state index contributed by atoms with van der Waals surface area (Å²) in [5.74, 6) is 0. The molecule has 0 aliphatic carbocycles. The highest BCUT2D eigenvalue weighted by Gasteiger charge is 2.12. The van der Waals surface area contributed by atoms with E-state index in [0.29, 0.717) is 13.2 Å². The maximum Gasteiger partial charge on any atom is 0.0652 e. The fourth-order valence-electron chi connectivity index (χ4n) is 2.33. The van der Waals surface area contributed by atoms with Crippen LogP contribution < -0.4 is 5.73 Å². The Labute approximate surface area is 129 Å². The highest BCUT2D eigenvalue weighted by molar-refractivity contribution is 9.10. The van der Waals surface area contributed by atoms with Crippen molar-refractivity contribution in [2.24, 2.45) is 5.73 Å². The van der Waals surface area contributed by atoms with Crippen molar-refractivity contribution in [2.75, 3.05) is 13.2 Å². The van der Waals surface area contributed by atoms with E-state index < -0.39 is 0 Å². The molecular weight excluding hydrogens is 316 g/mol. The standard InChI is InChI=1S/C16H23BrN2O/c1-16(2,3)20-9-8-19-11-12(6-7-18)14-5-4-13(17)10-15(14)19/h4-5,10-11H,6-9,18H2,1-3H3. The van der Waals surface area contributed by atoms with Gasteiger partial charge in [-0.1, -0.05) is 22.0 Å². The van der Waals surface area contributed by atoms with Crippen molar-refractivity contribution in [2.45, 2.75) is 39.3 Å². The van der Waals surface area contributed by atoms with E-state index in [0.717, 1.165) is 17.4 Å². The second-order valence-electron chi connectivity index (χ2n) is 6.01. The van der Waals surface area contributed by atoms with E-state index in [4.69, 9.17) is 10.5 Å². The number of hydrogen-bond acceptors (Lipinski definition) is 2. The molecule has 0 spiro atoms. The highest BCUT2D eigenvalue weighted by atomic mass is 79.9. The van der Waals surface area contributed by atoms with Crippen LogP contribution in [0.3, 0.4) is 0 Å². The molecule has 1 aromatic heterocycles. The van der Waals surface area contributed by atoms with Crippen LogP contribution >= 0.6 is 15.9 Å². The van der Waals surface area contributed by atoms with Crippen LogP contribution in [-0.4, -0.2) is 23.3 Å². The minimum atomic E-state index is -0.0936. The predicted molar refractivity (Wildman–Crippen MR) is 88.1 cm³/mol. The smallest absolute Gasteiger partial charge is 0.0652 e. The van der Waals surface area contributed by atoms with Crippen molar-refractivity contribution >= 4 is 26.8 Å². The molecule has 0 bridgehead atoms. The summed E-state index contributed by atoms with van der Waals surface area (Å²) in [5, 5.41) is 1.29. The first kappa shape index (κ1) is 15.5. The first-order valence-corrected chi connectivity index (χ1v) is 7.81. The third kappa shape index (κ3) is 3.84. The number of rotatable bonds is 5. The molecule has 20 heavy (non-hydrogen) atoms. The lowest BCUT2D eigenvalue weighted by atomic mass is 10.1. The van der Waals surface area contributed by atoms with Crippen molar-refractivity contribution in [3.63, 3.8) is 0 Å². The van der Waals surface area contributed by atoms with Gasteiger partial charge in [0.15, 0.2) is 0 Å². The van der Waals surface area contributed by atoms with E-state index in [2.05, 4.69) is 65.7 Å². The Bertz CT molecular complexity index is 584. The molecule has 110 valence electrons. The van der Waals surface area contributed by atoms with Gasteiger partial charge < -0.3 is 15.0 Å². The zero-order chi connectivity index (χ0) is 14.8. The summed E-state index contributed by atoms with van der Waals surface area (Å²) in [7, 11) is 0. The van der Waals surface area contributed by atoms with Crippen molar-refractivity contribution in [1.29, 1.82) is 0 Å². The van der Waals surface area contributed by atoms with Gasteiger partial charge in [-0.25, -0.2) is 0 Å². The Kier molecular flexibility index (Phi) is 4.89. The maximum absolute atomic E-state index is 5.82. The number of fused-ring (bicyclic) bond motifs is 1. The van der Waals surface area contributed by atoms with Gasteiger partial charge in [0.05, 0.1) is 12.2 Å². The lowest BCUT2D eigenvalue weighted by molar-refractivity contribution is -0.00645. The number of ether oxygens (including phenoxy) is 1. The molecule has 0 aliphatic rings. The Morgan fingerprint density at radius 2 is 2.05 bits per heavy atom. The molecule has 0 radical (unpaired) electrons. The number of nitrogens with zero attached hydrogens (tertiary/aromatic N) is 1. The van der Waals surface area contributed by atoms with Crippen LogP contribution in [0.5, 0.6) is 0 Å². The second kappa shape index (κ2) is 6.29. The highest BCUT2D eigenvalue weighted by Crippen LogP contribution is 2.25. The van der Waals surface area contributed by atoms with Crippen LogP contribution in [0.25, 0.3) is 10.9 Å². The second-order valence-corrected chi connectivity index (χ2v) is 6.92. The molecule has 0 amide bonds. The van der Waals surface area contributed by atoms with E-state index in [1.165, 1.54) is 16.5 Å². The number of halogens is 1. The fourth-order valence-corrected chi connectivity index (χ4v) is 2.68. The molecular formula is C16H23BrN2O. The largest absolute Gasteiger partial charge is 0.374 e. The minimum absolute atomic E-state index is 0.0936.